The van der Waals surface area contributed by atoms with Crippen LogP contribution in [-0.4, -0.2) is 51.3 Å². The molecule has 6 nitrogen and oxygen atoms in total. The highest BCUT2D eigenvalue weighted by atomic mass is 19.3. The number of nitrogens with zero attached hydrogens (tertiary/aromatic N) is 4. The molecular formula is C25H29F3N4O2. The van der Waals surface area contributed by atoms with Crippen LogP contribution in [0.4, 0.5) is 13.2 Å². The number of halogens is 3. The molecule has 1 aromatic heterocycles. The second kappa shape index (κ2) is 10.1. The summed E-state index contributed by atoms with van der Waals surface area (Å²) in [5.74, 6) is -0.0462. The maximum atomic E-state index is 14.1. The van der Waals surface area contributed by atoms with Gasteiger partial charge in [0.15, 0.2) is 0 Å². The summed E-state index contributed by atoms with van der Waals surface area (Å²) in [4.78, 5) is 2.22. The van der Waals surface area contributed by atoms with Gasteiger partial charge in [-0.25, -0.2) is 9.07 Å². The topological polar surface area (TPSA) is 63.4 Å². The minimum absolute atomic E-state index is 0.0801. The van der Waals surface area contributed by atoms with Gasteiger partial charge in [0.25, 0.3) is 0 Å². The molecule has 4 rings (SSSR count). The van der Waals surface area contributed by atoms with Crippen LogP contribution in [0.15, 0.2) is 48.7 Å². The lowest BCUT2D eigenvalue weighted by molar-refractivity contribution is -0.0509. The van der Waals surface area contributed by atoms with Crippen LogP contribution >= 0.6 is 0 Å². The zero-order valence-corrected chi connectivity index (χ0v) is 19.3. The van der Waals surface area contributed by atoms with Crippen LogP contribution in [0, 0.1) is 17.2 Å². The Morgan fingerprint density at radius 2 is 2.00 bits per heavy atom. The number of aliphatic hydroxyl groups is 1. The maximum Gasteiger partial charge on any atom is 0.387 e. The van der Waals surface area contributed by atoms with Gasteiger partial charge in [-0.3, -0.25) is 4.90 Å². The monoisotopic (exact) mass is 474 g/mol. The number of aromatic nitrogens is 3. The predicted octanol–water partition coefficient (Wildman–Crippen LogP) is 4.91. The summed E-state index contributed by atoms with van der Waals surface area (Å²) in [5, 5.41) is 17.8. The summed E-state index contributed by atoms with van der Waals surface area (Å²) >= 11 is 0. The van der Waals surface area contributed by atoms with Crippen molar-refractivity contribution in [3.05, 3.63) is 60.0 Å². The lowest BCUT2D eigenvalue weighted by Gasteiger charge is -2.40. The Labute approximate surface area is 197 Å². The first-order chi connectivity index (χ1) is 16.3. The molecule has 0 saturated carbocycles. The van der Waals surface area contributed by atoms with Crippen LogP contribution in [-0.2, 0) is 6.54 Å². The van der Waals surface area contributed by atoms with Gasteiger partial charge in [0.1, 0.15) is 22.9 Å². The summed E-state index contributed by atoms with van der Waals surface area (Å²) < 4.78 is 46.7. The van der Waals surface area contributed by atoms with E-state index >= 15 is 0 Å². The summed E-state index contributed by atoms with van der Waals surface area (Å²) in [6, 6.07) is 11.2. The first-order valence-electron chi connectivity index (χ1n) is 11.4. The van der Waals surface area contributed by atoms with E-state index in [1.807, 2.05) is 0 Å². The van der Waals surface area contributed by atoms with Gasteiger partial charge in [-0.2, -0.15) is 8.78 Å². The van der Waals surface area contributed by atoms with Gasteiger partial charge in [0, 0.05) is 30.8 Å². The van der Waals surface area contributed by atoms with E-state index in [4.69, 9.17) is 4.74 Å². The molecule has 0 unspecified atom stereocenters. The van der Waals surface area contributed by atoms with E-state index in [0.29, 0.717) is 29.3 Å². The minimum Gasteiger partial charge on any atom is -0.434 e. The summed E-state index contributed by atoms with van der Waals surface area (Å²) in [5.41, 5.74) is 1.64. The molecule has 0 amide bonds. The molecule has 1 saturated heterocycles. The van der Waals surface area contributed by atoms with E-state index < -0.39 is 12.4 Å². The van der Waals surface area contributed by atoms with Crippen LogP contribution in [0.3, 0.4) is 0 Å². The number of likely N-dealkylation sites (tertiary alicyclic amines) is 1. The van der Waals surface area contributed by atoms with E-state index in [-0.39, 0.29) is 23.5 Å². The standard InChI is InChI=1S/C25H29F3N4O2/c1-25(2,16-33)19-6-5-11-31(14-19)13-18-10-9-17(12-23(18)34-24(27)28)21-15-32(30-29-21)22-8-4-3-7-20(22)26/h3-4,7-10,12,15,19,24,33H,5-6,11,13-14,16H2,1-2H3/t19-/m0/s1. The van der Waals surface area contributed by atoms with Crippen molar-refractivity contribution in [1.82, 2.24) is 19.9 Å². The van der Waals surface area contributed by atoms with Crippen LogP contribution in [0.25, 0.3) is 16.9 Å². The fraction of sp³-hybridized carbons (Fsp3) is 0.440. The SMILES string of the molecule is CC(C)(CO)[C@H]1CCCN(Cc2ccc(-c3cn(-c4ccccc4F)nn3)cc2OC(F)F)C1. The average Bonchev–Trinajstić information content (AvgIpc) is 3.30. The third kappa shape index (κ3) is 5.42. The number of ether oxygens (including phenoxy) is 1. The van der Waals surface area contributed by atoms with Gasteiger partial charge in [-0.1, -0.05) is 43.3 Å². The van der Waals surface area contributed by atoms with Gasteiger partial charge in [0.05, 0.1) is 6.20 Å². The van der Waals surface area contributed by atoms with Crippen LogP contribution in [0.5, 0.6) is 5.75 Å². The second-order valence-corrected chi connectivity index (χ2v) is 9.42. The number of hydrogen-bond donors (Lipinski definition) is 1. The zero-order valence-electron chi connectivity index (χ0n) is 19.3. The highest BCUT2D eigenvalue weighted by Gasteiger charge is 2.33. The number of aliphatic hydroxyl groups excluding tert-OH is 1. The molecule has 2 aromatic carbocycles. The van der Waals surface area contributed by atoms with E-state index in [1.165, 1.54) is 16.8 Å². The number of alkyl halides is 2. The van der Waals surface area contributed by atoms with Gasteiger partial charge in [0.2, 0.25) is 0 Å². The Kier molecular flexibility index (Phi) is 7.23. The predicted molar refractivity (Wildman–Crippen MR) is 122 cm³/mol. The highest BCUT2D eigenvalue weighted by Crippen LogP contribution is 2.35. The van der Waals surface area contributed by atoms with Crippen molar-refractivity contribution in [3.8, 4) is 22.7 Å². The molecule has 1 aliphatic rings. The third-order valence-electron chi connectivity index (χ3n) is 6.58. The summed E-state index contributed by atoms with van der Waals surface area (Å²) in [7, 11) is 0. The molecule has 1 atom stereocenters. The Bertz CT molecular complexity index is 1120. The number of piperidine rings is 1. The lowest BCUT2D eigenvalue weighted by Crippen LogP contribution is -2.42. The van der Waals surface area contributed by atoms with Crippen molar-refractivity contribution in [2.75, 3.05) is 19.7 Å². The molecule has 1 fully saturated rings. The summed E-state index contributed by atoms with van der Waals surface area (Å²) in [6.45, 7) is 3.33. The molecule has 9 heteroatoms. The molecule has 34 heavy (non-hydrogen) atoms. The first kappa shape index (κ1) is 24.2. The van der Waals surface area contributed by atoms with E-state index in [2.05, 4.69) is 29.1 Å². The minimum atomic E-state index is -2.97. The van der Waals surface area contributed by atoms with Crippen LogP contribution in [0.2, 0.25) is 0 Å². The largest absolute Gasteiger partial charge is 0.434 e. The van der Waals surface area contributed by atoms with Crippen LogP contribution in [0.1, 0.15) is 32.3 Å². The first-order valence-corrected chi connectivity index (χ1v) is 11.4. The summed E-state index contributed by atoms with van der Waals surface area (Å²) in [6.07, 6.45) is 3.56. The maximum absolute atomic E-state index is 14.1. The van der Waals surface area contributed by atoms with Gasteiger partial charge in [-0.05, 0) is 48.9 Å². The van der Waals surface area contributed by atoms with Gasteiger partial charge >= 0.3 is 6.61 Å². The Balaban J connectivity index is 1.57. The molecular weight excluding hydrogens is 445 g/mol. The molecule has 0 radical (unpaired) electrons. The molecule has 1 N–H and O–H groups in total. The van der Waals surface area contributed by atoms with Crippen molar-refractivity contribution in [2.24, 2.45) is 11.3 Å². The molecule has 2 heterocycles. The Morgan fingerprint density at radius 1 is 1.21 bits per heavy atom. The van der Waals surface area contributed by atoms with E-state index in [1.54, 1.807) is 36.5 Å². The molecule has 182 valence electrons. The smallest absolute Gasteiger partial charge is 0.387 e. The average molecular weight is 475 g/mol. The number of benzene rings is 2. The van der Waals surface area contributed by atoms with Crippen LogP contribution < -0.4 is 4.74 Å². The Hall–Kier alpha value is -2.91. The Morgan fingerprint density at radius 3 is 2.74 bits per heavy atom. The van der Waals surface area contributed by atoms with Crippen molar-refractivity contribution < 1.29 is 23.0 Å². The molecule has 0 bridgehead atoms. The highest BCUT2D eigenvalue weighted by molar-refractivity contribution is 5.62. The number of rotatable bonds is 8. The molecule has 0 aliphatic carbocycles. The molecule has 0 spiro atoms. The zero-order chi connectivity index (χ0) is 24.3. The fourth-order valence-electron chi connectivity index (χ4n) is 4.41. The number of para-hydroxylation sites is 1. The van der Waals surface area contributed by atoms with Crippen molar-refractivity contribution in [1.29, 1.82) is 0 Å². The van der Waals surface area contributed by atoms with Gasteiger partial charge in [-0.15, -0.1) is 5.10 Å². The fourth-order valence-corrected chi connectivity index (χ4v) is 4.41. The third-order valence-corrected chi connectivity index (χ3v) is 6.58. The molecule has 3 aromatic rings. The molecule has 1 aliphatic heterocycles. The van der Waals surface area contributed by atoms with E-state index in [0.717, 1.165) is 25.9 Å². The van der Waals surface area contributed by atoms with E-state index in [9.17, 15) is 18.3 Å². The lowest BCUT2D eigenvalue weighted by atomic mass is 9.75. The van der Waals surface area contributed by atoms with Gasteiger partial charge < -0.3 is 9.84 Å². The second-order valence-electron chi connectivity index (χ2n) is 9.42. The van der Waals surface area contributed by atoms with Crippen molar-refractivity contribution >= 4 is 0 Å². The van der Waals surface area contributed by atoms with Crippen molar-refractivity contribution in [2.45, 2.75) is 39.8 Å². The van der Waals surface area contributed by atoms with Crippen molar-refractivity contribution in [3.63, 3.8) is 0 Å². The quantitative estimate of drug-likeness (QED) is 0.503. The normalized spacial score (nSPS) is 17.3. The number of hydrogen-bond acceptors (Lipinski definition) is 5.